The van der Waals surface area contributed by atoms with E-state index in [0.717, 1.165) is 18.4 Å². The molecule has 1 heterocycles. The van der Waals surface area contributed by atoms with Crippen LogP contribution in [-0.2, 0) is 7.05 Å². The van der Waals surface area contributed by atoms with Gasteiger partial charge in [0.05, 0.1) is 16.0 Å². The summed E-state index contributed by atoms with van der Waals surface area (Å²) in [6.45, 7) is 0. The van der Waals surface area contributed by atoms with Crippen molar-refractivity contribution in [1.82, 2.24) is 9.13 Å². The highest BCUT2D eigenvalue weighted by atomic mass is 16.6. The van der Waals surface area contributed by atoms with Crippen molar-refractivity contribution in [2.75, 3.05) is 0 Å². The summed E-state index contributed by atoms with van der Waals surface area (Å²) in [6.07, 6.45) is 1.95. The minimum atomic E-state index is -0.436. The number of hydrogen-bond acceptors (Lipinski definition) is 3. The number of rotatable bonds is 2. The number of nitro benzene ring substituents is 1. The van der Waals surface area contributed by atoms with Crippen molar-refractivity contribution in [2.45, 2.75) is 18.9 Å². The molecule has 1 aliphatic carbocycles. The average Bonchev–Trinajstić information content (AvgIpc) is 3.09. The van der Waals surface area contributed by atoms with E-state index in [4.69, 9.17) is 0 Å². The average molecular weight is 233 g/mol. The Labute approximate surface area is 96.2 Å². The Balaban J connectivity index is 2.37. The maximum Gasteiger partial charge on any atom is 0.329 e. The van der Waals surface area contributed by atoms with Gasteiger partial charge in [0.1, 0.15) is 0 Å². The Hall–Kier alpha value is -2.11. The smallest absolute Gasteiger partial charge is 0.295 e. The van der Waals surface area contributed by atoms with Gasteiger partial charge in [0.15, 0.2) is 0 Å². The van der Waals surface area contributed by atoms with Crippen molar-refractivity contribution in [1.29, 1.82) is 0 Å². The lowest BCUT2D eigenvalue weighted by atomic mass is 10.2. The molecule has 17 heavy (non-hydrogen) atoms. The number of imidazole rings is 1. The molecule has 0 atom stereocenters. The maximum absolute atomic E-state index is 12.0. The first-order valence-corrected chi connectivity index (χ1v) is 5.45. The molecule has 0 spiro atoms. The fourth-order valence-corrected chi connectivity index (χ4v) is 2.16. The molecule has 1 aromatic carbocycles. The van der Waals surface area contributed by atoms with Gasteiger partial charge in [0, 0.05) is 25.2 Å². The molecule has 0 N–H and O–H groups in total. The largest absolute Gasteiger partial charge is 0.329 e. The van der Waals surface area contributed by atoms with Gasteiger partial charge >= 0.3 is 5.69 Å². The van der Waals surface area contributed by atoms with Gasteiger partial charge in [-0.1, -0.05) is 0 Å². The van der Waals surface area contributed by atoms with Crippen LogP contribution in [0, 0.1) is 10.1 Å². The second-order valence-corrected chi connectivity index (χ2v) is 4.37. The molecule has 1 fully saturated rings. The zero-order chi connectivity index (χ0) is 12.2. The molecule has 3 rings (SSSR count). The van der Waals surface area contributed by atoms with Crippen molar-refractivity contribution < 1.29 is 4.92 Å². The number of hydrogen-bond donors (Lipinski definition) is 0. The van der Waals surface area contributed by atoms with Crippen LogP contribution in [0.15, 0.2) is 23.0 Å². The molecule has 0 saturated heterocycles. The van der Waals surface area contributed by atoms with E-state index in [9.17, 15) is 14.9 Å². The lowest BCUT2D eigenvalue weighted by molar-refractivity contribution is -0.384. The second-order valence-electron chi connectivity index (χ2n) is 4.37. The quantitative estimate of drug-likeness (QED) is 0.584. The highest BCUT2D eigenvalue weighted by Gasteiger charge is 2.28. The van der Waals surface area contributed by atoms with Gasteiger partial charge in [0.25, 0.3) is 5.69 Å². The second kappa shape index (κ2) is 3.19. The third-order valence-corrected chi connectivity index (χ3v) is 3.20. The predicted octanol–water partition coefficient (Wildman–Crippen LogP) is 1.58. The van der Waals surface area contributed by atoms with E-state index in [-0.39, 0.29) is 17.4 Å². The molecular formula is C11H11N3O3. The van der Waals surface area contributed by atoms with Crippen LogP contribution in [0.1, 0.15) is 18.9 Å². The van der Waals surface area contributed by atoms with E-state index in [1.54, 1.807) is 17.7 Å². The van der Waals surface area contributed by atoms with Gasteiger partial charge in [-0.05, 0) is 18.9 Å². The number of nitro groups is 1. The van der Waals surface area contributed by atoms with Crippen LogP contribution >= 0.6 is 0 Å². The summed E-state index contributed by atoms with van der Waals surface area (Å²) in [5.74, 6) is 0. The summed E-state index contributed by atoms with van der Waals surface area (Å²) in [5, 5.41) is 10.7. The van der Waals surface area contributed by atoms with Crippen LogP contribution in [0.25, 0.3) is 11.0 Å². The number of benzene rings is 1. The first kappa shape index (κ1) is 10.1. The zero-order valence-electron chi connectivity index (χ0n) is 9.29. The Kier molecular flexibility index (Phi) is 1.89. The van der Waals surface area contributed by atoms with Gasteiger partial charge in [-0.25, -0.2) is 4.79 Å². The molecule has 0 unspecified atom stereocenters. The summed E-state index contributed by atoms with van der Waals surface area (Å²) in [6, 6.07) is 4.76. The van der Waals surface area contributed by atoms with Crippen molar-refractivity contribution in [3.05, 3.63) is 38.8 Å². The Bertz CT molecular complexity index is 679. The number of non-ortho nitro benzene ring substituents is 1. The first-order chi connectivity index (χ1) is 8.09. The minimum absolute atomic E-state index is 0.0255. The molecule has 0 aliphatic heterocycles. The van der Waals surface area contributed by atoms with Crippen LogP contribution in [0.5, 0.6) is 0 Å². The van der Waals surface area contributed by atoms with Gasteiger partial charge < -0.3 is 0 Å². The SMILES string of the molecule is Cn1c(=O)n(C2CC2)c2cc([N+](=O)[O-])ccc21. The van der Waals surface area contributed by atoms with Crippen LogP contribution in [0.4, 0.5) is 5.69 Å². The lowest BCUT2D eigenvalue weighted by Crippen LogP contribution is -2.21. The molecular weight excluding hydrogens is 222 g/mol. The number of aryl methyl sites for hydroxylation is 1. The topological polar surface area (TPSA) is 70.1 Å². The summed E-state index contributed by atoms with van der Waals surface area (Å²) >= 11 is 0. The Morgan fingerprint density at radius 3 is 2.65 bits per heavy atom. The highest BCUT2D eigenvalue weighted by molar-refractivity contribution is 5.79. The van der Waals surface area contributed by atoms with Crippen molar-refractivity contribution >= 4 is 16.7 Å². The molecule has 0 bridgehead atoms. The van der Waals surface area contributed by atoms with E-state index in [1.807, 2.05) is 0 Å². The van der Waals surface area contributed by atoms with Crippen molar-refractivity contribution in [3.8, 4) is 0 Å². The van der Waals surface area contributed by atoms with Crippen molar-refractivity contribution in [3.63, 3.8) is 0 Å². The van der Waals surface area contributed by atoms with Gasteiger partial charge in [-0.15, -0.1) is 0 Å². The van der Waals surface area contributed by atoms with Gasteiger partial charge in [-0.2, -0.15) is 0 Å². The van der Waals surface area contributed by atoms with Gasteiger partial charge in [-0.3, -0.25) is 19.2 Å². The third kappa shape index (κ3) is 1.37. The van der Waals surface area contributed by atoms with Crippen LogP contribution < -0.4 is 5.69 Å². The van der Waals surface area contributed by atoms with E-state index >= 15 is 0 Å². The first-order valence-electron chi connectivity index (χ1n) is 5.45. The zero-order valence-corrected chi connectivity index (χ0v) is 9.29. The molecule has 6 nitrogen and oxygen atoms in total. The summed E-state index contributed by atoms with van der Waals surface area (Å²) in [7, 11) is 1.69. The van der Waals surface area contributed by atoms with E-state index in [2.05, 4.69) is 0 Å². The fourth-order valence-electron chi connectivity index (χ4n) is 2.16. The fraction of sp³-hybridized carbons (Fsp3) is 0.364. The monoisotopic (exact) mass is 233 g/mol. The van der Waals surface area contributed by atoms with E-state index in [1.165, 1.54) is 16.7 Å². The Morgan fingerprint density at radius 1 is 1.35 bits per heavy atom. The number of fused-ring (bicyclic) bond motifs is 1. The molecule has 0 radical (unpaired) electrons. The molecule has 1 aliphatic rings. The van der Waals surface area contributed by atoms with Crippen LogP contribution in [-0.4, -0.2) is 14.1 Å². The summed E-state index contributed by atoms with van der Waals surface area (Å²) < 4.78 is 3.21. The standard InChI is InChI=1S/C11H11N3O3/c1-12-9-5-4-8(14(16)17)6-10(9)13(11(12)15)7-2-3-7/h4-7H,2-3H2,1H3. The molecule has 88 valence electrons. The molecule has 2 aromatic rings. The predicted molar refractivity (Wildman–Crippen MR) is 62.1 cm³/mol. The number of nitrogens with zero attached hydrogens (tertiary/aromatic N) is 3. The van der Waals surface area contributed by atoms with Crippen LogP contribution in [0.3, 0.4) is 0 Å². The maximum atomic E-state index is 12.0. The van der Waals surface area contributed by atoms with E-state index < -0.39 is 4.92 Å². The Morgan fingerprint density at radius 2 is 2.06 bits per heavy atom. The lowest BCUT2D eigenvalue weighted by Gasteiger charge is -1.98. The van der Waals surface area contributed by atoms with E-state index in [0.29, 0.717) is 5.52 Å². The third-order valence-electron chi connectivity index (χ3n) is 3.20. The molecule has 6 heteroatoms. The molecule has 0 amide bonds. The van der Waals surface area contributed by atoms with Crippen LogP contribution in [0.2, 0.25) is 0 Å². The van der Waals surface area contributed by atoms with Gasteiger partial charge in [0.2, 0.25) is 0 Å². The van der Waals surface area contributed by atoms with Crippen molar-refractivity contribution in [2.24, 2.45) is 7.05 Å². The minimum Gasteiger partial charge on any atom is -0.295 e. The molecule has 1 saturated carbocycles. The highest BCUT2D eigenvalue weighted by Crippen LogP contribution is 2.36. The number of aromatic nitrogens is 2. The summed E-state index contributed by atoms with van der Waals surface area (Å²) in [4.78, 5) is 22.3. The summed E-state index contributed by atoms with van der Waals surface area (Å²) in [5.41, 5.74) is 1.34. The normalized spacial score (nSPS) is 15.4. The molecule has 1 aromatic heterocycles.